The average Bonchev–Trinajstić information content (AvgIpc) is 2.60. The fourth-order valence-electron chi connectivity index (χ4n) is 3.41. The molecule has 1 heterocycles. The lowest BCUT2D eigenvalue weighted by atomic mass is 9.84. The SMILES string of the molecule is CC(C)c1ccc(C(N)CNC(=O)CC(C)C2CCNCC2)cc1. The van der Waals surface area contributed by atoms with Crippen LogP contribution >= 0.6 is 0 Å². The van der Waals surface area contributed by atoms with E-state index in [1.54, 1.807) is 0 Å². The minimum absolute atomic E-state index is 0.121. The highest BCUT2D eigenvalue weighted by Gasteiger charge is 2.22. The van der Waals surface area contributed by atoms with E-state index < -0.39 is 0 Å². The summed E-state index contributed by atoms with van der Waals surface area (Å²) in [6, 6.07) is 8.25. The maximum atomic E-state index is 12.2. The molecule has 0 saturated carbocycles. The molecule has 0 aliphatic carbocycles. The molecule has 2 atom stereocenters. The summed E-state index contributed by atoms with van der Waals surface area (Å²) in [4.78, 5) is 12.2. The van der Waals surface area contributed by atoms with E-state index in [1.165, 1.54) is 18.4 Å². The van der Waals surface area contributed by atoms with Gasteiger partial charge in [-0.05, 0) is 54.8 Å². The van der Waals surface area contributed by atoms with Crippen LogP contribution in [0.4, 0.5) is 0 Å². The number of amides is 1. The second kappa shape index (κ2) is 9.19. The quantitative estimate of drug-likeness (QED) is 0.719. The van der Waals surface area contributed by atoms with Crippen molar-refractivity contribution in [2.75, 3.05) is 19.6 Å². The Morgan fingerprint density at radius 1 is 1.17 bits per heavy atom. The fourth-order valence-corrected chi connectivity index (χ4v) is 3.41. The van der Waals surface area contributed by atoms with Gasteiger partial charge in [0.05, 0.1) is 0 Å². The molecule has 0 spiro atoms. The van der Waals surface area contributed by atoms with Gasteiger partial charge in [-0.25, -0.2) is 0 Å². The Hall–Kier alpha value is -1.39. The average molecular weight is 332 g/mol. The number of carbonyl (C=O) groups excluding carboxylic acids is 1. The first-order valence-corrected chi connectivity index (χ1v) is 9.30. The molecule has 2 unspecified atom stereocenters. The standard InChI is InChI=1S/C20H33N3O/c1-14(2)16-4-6-18(7-5-16)19(21)13-23-20(24)12-15(3)17-8-10-22-11-9-17/h4-7,14-15,17,19,22H,8-13,21H2,1-3H3,(H,23,24). The Labute approximate surface area is 146 Å². The molecule has 1 saturated heterocycles. The maximum Gasteiger partial charge on any atom is 0.220 e. The molecule has 4 N–H and O–H groups in total. The van der Waals surface area contributed by atoms with Crippen LogP contribution in [0.5, 0.6) is 0 Å². The van der Waals surface area contributed by atoms with Crippen LogP contribution in [-0.4, -0.2) is 25.5 Å². The smallest absolute Gasteiger partial charge is 0.220 e. The number of hydrogen-bond donors (Lipinski definition) is 3. The Morgan fingerprint density at radius 2 is 1.75 bits per heavy atom. The molecule has 0 aromatic heterocycles. The van der Waals surface area contributed by atoms with Crippen LogP contribution < -0.4 is 16.4 Å². The summed E-state index contributed by atoms with van der Waals surface area (Å²) in [7, 11) is 0. The third-order valence-corrected chi connectivity index (χ3v) is 5.25. The second-order valence-electron chi connectivity index (χ2n) is 7.50. The Balaban J connectivity index is 1.75. The van der Waals surface area contributed by atoms with E-state index in [0.29, 0.717) is 30.7 Å². The van der Waals surface area contributed by atoms with Gasteiger partial charge in [0.2, 0.25) is 5.91 Å². The number of carbonyl (C=O) groups is 1. The van der Waals surface area contributed by atoms with Gasteiger partial charge in [0, 0.05) is 19.0 Å². The molecule has 2 rings (SSSR count). The zero-order valence-corrected chi connectivity index (χ0v) is 15.3. The fraction of sp³-hybridized carbons (Fsp3) is 0.650. The molecule has 1 fully saturated rings. The zero-order valence-electron chi connectivity index (χ0n) is 15.3. The highest BCUT2D eigenvalue weighted by molar-refractivity contribution is 5.76. The first-order valence-electron chi connectivity index (χ1n) is 9.30. The second-order valence-corrected chi connectivity index (χ2v) is 7.50. The van der Waals surface area contributed by atoms with Crippen molar-refractivity contribution in [2.24, 2.45) is 17.6 Å². The van der Waals surface area contributed by atoms with Gasteiger partial charge in [-0.15, -0.1) is 0 Å². The number of nitrogens with two attached hydrogens (primary N) is 1. The lowest BCUT2D eigenvalue weighted by Crippen LogP contribution is -2.35. The molecular formula is C20H33N3O. The topological polar surface area (TPSA) is 67.1 Å². The maximum absolute atomic E-state index is 12.2. The van der Waals surface area contributed by atoms with E-state index in [9.17, 15) is 4.79 Å². The van der Waals surface area contributed by atoms with Crippen LogP contribution in [0, 0.1) is 11.8 Å². The molecular weight excluding hydrogens is 298 g/mol. The summed E-state index contributed by atoms with van der Waals surface area (Å²) in [6.07, 6.45) is 2.95. The number of hydrogen-bond acceptors (Lipinski definition) is 3. The van der Waals surface area contributed by atoms with Crippen molar-refractivity contribution in [1.82, 2.24) is 10.6 Å². The van der Waals surface area contributed by atoms with Crippen LogP contribution in [0.2, 0.25) is 0 Å². The molecule has 1 aromatic rings. The Kier molecular flexibility index (Phi) is 7.25. The third kappa shape index (κ3) is 5.60. The van der Waals surface area contributed by atoms with Crippen LogP contribution in [0.25, 0.3) is 0 Å². The summed E-state index contributed by atoms with van der Waals surface area (Å²) in [5.74, 6) is 1.74. The third-order valence-electron chi connectivity index (χ3n) is 5.25. The molecule has 0 radical (unpaired) electrons. The van der Waals surface area contributed by atoms with Crippen molar-refractivity contribution < 1.29 is 4.79 Å². The highest BCUT2D eigenvalue weighted by atomic mass is 16.1. The largest absolute Gasteiger partial charge is 0.354 e. The minimum atomic E-state index is -0.149. The predicted molar refractivity (Wildman–Crippen MR) is 99.8 cm³/mol. The molecule has 134 valence electrons. The van der Waals surface area contributed by atoms with Crippen molar-refractivity contribution in [1.29, 1.82) is 0 Å². The van der Waals surface area contributed by atoms with E-state index in [4.69, 9.17) is 5.73 Å². The van der Waals surface area contributed by atoms with E-state index in [0.717, 1.165) is 18.7 Å². The van der Waals surface area contributed by atoms with Gasteiger partial charge in [0.25, 0.3) is 0 Å². The van der Waals surface area contributed by atoms with Gasteiger partial charge in [-0.2, -0.15) is 0 Å². The summed E-state index contributed by atoms with van der Waals surface area (Å²) in [5, 5.41) is 6.38. The molecule has 1 aromatic carbocycles. The summed E-state index contributed by atoms with van der Waals surface area (Å²) < 4.78 is 0. The lowest BCUT2D eigenvalue weighted by Gasteiger charge is -2.28. The lowest BCUT2D eigenvalue weighted by molar-refractivity contribution is -0.122. The van der Waals surface area contributed by atoms with Crippen LogP contribution in [-0.2, 0) is 4.79 Å². The van der Waals surface area contributed by atoms with Gasteiger partial charge in [-0.1, -0.05) is 45.0 Å². The number of piperidine rings is 1. The summed E-state index contributed by atoms with van der Waals surface area (Å²) in [6.45, 7) is 9.21. The Bertz CT molecular complexity index is 506. The van der Waals surface area contributed by atoms with Gasteiger partial charge in [-0.3, -0.25) is 4.79 Å². The first kappa shape index (κ1) is 18.9. The molecule has 4 nitrogen and oxygen atoms in total. The summed E-state index contributed by atoms with van der Waals surface area (Å²) in [5.41, 5.74) is 8.61. The number of rotatable bonds is 7. The van der Waals surface area contributed by atoms with Gasteiger partial charge >= 0.3 is 0 Å². The highest BCUT2D eigenvalue weighted by Crippen LogP contribution is 2.24. The van der Waals surface area contributed by atoms with Crippen LogP contribution in [0.3, 0.4) is 0 Å². The van der Waals surface area contributed by atoms with Crippen molar-refractivity contribution in [3.63, 3.8) is 0 Å². The van der Waals surface area contributed by atoms with Crippen molar-refractivity contribution in [3.05, 3.63) is 35.4 Å². The van der Waals surface area contributed by atoms with Gasteiger partial charge in [0.15, 0.2) is 0 Å². The normalized spacial score (nSPS) is 18.4. The first-order chi connectivity index (χ1) is 11.5. The number of nitrogens with one attached hydrogen (secondary N) is 2. The molecule has 1 amide bonds. The number of benzene rings is 1. The monoisotopic (exact) mass is 331 g/mol. The Morgan fingerprint density at radius 3 is 2.33 bits per heavy atom. The van der Waals surface area contributed by atoms with Crippen molar-refractivity contribution in [2.45, 2.75) is 52.0 Å². The van der Waals surface area contributed by atoms with E-state index in [-0.39, 0.29) is 11.9 Å². The van der Waals surface area contributed by atoms with Gasteiger partial charge < -0.3 is 16.4 Å². The van der Waals surface area contributed by atoms with E-state index in [2.05, 4.69) is 55.7 Å². The predicted octanol–water partition coefficient (Wildman–Crippen LogP) is 2.95. The molecule has 24 heavy (non-hydrogen) atoms. The van der Waals surface area contributed by atoms with Crippen molar-refractivity contribution >= 4 is 5.91 Å². The van der Waals surface area contributed by atoms with E-state index in [1.807, 2.05) is 0 Å². The van der Waals surface area contributed by atoms with Crippen molar-refractivity contribution in [3.8, 4) is 0 Å². The molecule has 4 heteroatoms. The van der Waals surface area contributed by atoms with Gasteiger partial charge in [0.1, 0.15) is 0 Å². The van der Waals surface area contributed by atoms with Crippen LogP contribution in [0.15, 0.2) is 24.3 Å². The summed E-state index contributed by atoms with van der Waals surface area (Å²) >= 11 is 0. The molecule has 1 aliphatic heterocycles. The molecule has 1 aliphatic rings. The zero-order chi connectivity index (χ0) is 17.5. The molecule has 0 bridgehead atoms. The minimum Gasteiger partial charge on any atom is -0.354 e. The van der Waals surface area contributed by atoms with Crippen LogP contribution in [0.1, 0.15) is 63.1 Å². The van der Waals surface area contributed by atoms with E-state index >= 15 is 0 Å².